The van der Waals surface area contributed by atoms with Gasteiger partial charge < -0.3 is 11.5 Å². The molecule has 2 aromatic rings. The van der Waals surface area contributed by atoms with E-state index in [0.29, 0.717) is 11.4 Å². The van der Waals surface area contributed by atoms with E-state index in [4.69, 9.17) is 11.5 Å². The fourth-order valence-corrected chi connectivity index (χ4v) is 1.48. The number of pyridine rings is 1. The summed E-state index contributed by atoms with van der Waals surface area (Å²) in [5.74, 6) is 0. The number of hydrogen-bond donors (Lipinski definition) is 2. The van der Waals surface area contributed by atoms with Gasteiger partial charge in [0.15, 0.2) is 0 Å². The van der Waals surface area contributed by atoms with Gasteiger partial charge in [-0.05, 0) is 42.3 Å². The second-order valence-electron chi connectivity index (χ2n) is 3.53. The van der Waals surface area contributed by atoms with Gasteiger partial charge in [-0.15, -0.1) is 0 Å². The van der Waals surface area contributed by atoms with Gasteiger partial charge in [0.2, 0.25) is 0 Å². The number of rotatable bonds is 1. The normalized spacial score (nSPS) is 10.2. The van der Waals surface area contributed by atoms with Gasteiger partial charge in [-0.2, -0.15) is 0 Å². The van der Waals surface area contributed by atoms with E-state index < -0.39 is 0 Å². The molecular formula is C12H13N3. The zero-order valence-electron chi connectivity index (χ0n) is 8.57. The van der Waals surface area contributed by atoms with E-state index in [2.05, 4.69) is 4.98 Å². The lowest BCUT2D eigenvalue weighted by molar-refractivity contribution is 1.20. The van der Waals surface area contributed by atoms with Gasteiger partial charge in [-0.1, -0.05) is 6.07 Å². The van der Waals surface area contributed by atoms with Crippen molar-refractivity contribution in [3.05, 3.63) is 42.2 Å². The summed E-state index contributed by atoms with van der Waals surface area (Å²) in [4.78, 5) is 4.15. The summed E-state index contributed by atoms with van der Waals surface area (Å²) in [6.07, 6.45) is 1.79. The van der Waals surface area contributed by atoms with Gasteiger partial charge in [-0.25, -0.2) is 0 Å². The zero-order chi connectivity index (χ0) is 10.8. The SMILES string of the molecule is Cc1cc(-c2ccc(N)c(N)c2)ccn1. The van der Waals surface area contributed by atoms with Gasteiger partial charge in [0.05, 0.1) is 11.4 Å². The first kappa shape index (κ1) is 9.52. The van der Waals surface area contributed by atoms with Crippen molar-refractivity contribution < 1.29 is 0 Å². The van der Waals surface area contributed by atoms with E-state index in [1.165, 1.54) is 0 Å². The van der Waals surface area contributed by atoms with Crippen molar-refractivity contribution in [2.24, 2.45) is 0 Å². The Kier molecular flexibility index (Phi) is 2.29. The van der Waals surface area contributed by atoms with E-state index in [-0.39, 0.29) is 0 Å². The third-order valence-corrected chi connectivity index (χ3v) is 2.32. The monoisotopic (exact) mass is 199 g/mol. The molecule has 0 amide bonds. The molecule has 3 heteroatoms. The largest absolute Gasteiger partial charge is 0.397 e. The van der Waals surface area contributed by atoms with Crippen molar-refractivity contribution in [2.75, 3.05) is 11.5 Å². The molecule has 0 fully saturated rings. The Balaban J connectivity index is 2.50. The summed E-state index contributed by atoms with van der Waals surface area (Å²) in [5.41, 5.74) is 15.8. The van der Waals surface area contributed by atoms with Crippen molar-refractivity contribution in [3.8, 4) is 11.1 Å². The first-order chi connectivity index (χ1) is 7.16. The highest BCUT2D eigenvalue weighted by atomic mass is 14.7. The van der Waals surface area contributed by atoms with Crippen LogP contribution < -0.4 is 11.5 Å². The highest BCUT2D eigenvalue weighted by Gasteiger charge is 2.00. The van der Waals surface area contributed by atoms with Crippen molar-refractivity contribution in [1.29, 1.82) is 0 Å². The molecule has 1 heterocycles. The topological polar surface area (TPSA) is 64.9 Å². The maximum atomic E-state index is 5.76. The summed E-state index contributed by atoms with van der Waals surface area (Å²) >= 11 is 0. The van der Waals surface area contributed by atoms with Crippen LogP contribution in [0.5, 0.6) is 0 Å². The van der Waals surface area contributed by atoms with E-state index in [9.17, 15) is 0 Å². The molecule has 0 unspecified atom stereocenters. The lowest BCUT2D eigenvalue weighted by Crippen LogP contribution is -1.94. The predicted molar refractivity (Wildman–Crippen MR) is 63.2 cm³/mol. The lowest BCUT2D eigenvalue weighted by Gasteiger charge is -2.05. The van der Waals surface area contributed by atoms with Crippen LogP contribution in [0.1, 0.15) is 5.69 Å². The molecule has 0 atom stereocenters. The van der Waals surface area contributed by atoms with Crippen molar-refractivity contribution in [1.82, 2.24) is 4.98 Å². The summed E-state index contributed by atoms with van der Waals surface area (Å²) in [5, 5.41) is 0. The number of nitrogens with zero attached hydrogens (tertiary/aromatic N) is 1. The highest BCUT2D eigenvalue weighted by Crippen LogP contribution is 2.25. The standard InChI is InChI=1S/C12H13N3/c1-8-6-10(4-5-15-8)9-2-3-11(13)12(14)7-9/h2-7H,13-14H2,1H3. The maximum Gasteiger partial charge on any atom is 0.0554 e. The summed E-state index contributed by atoms with van der Waals surface area (Å²) < 4.78 is 0. The van der Waals surface area contributed by atoms with E-state index in [1.54, 1.807) is 6.20 Å². The van der Waals surface area contributed by atoms with Gasteiger partial charge in [0.25, 0.3) is 0 Å². The molecule has 2 rings (SSSR count). The molecule has 0 saturated carbocycles. The maximum absolute atomic E-state index is 5.76. The number of benzene rings is 1. The molecule has 15 heavy (non-hydrogen) atoms. The second-order valence-corrected chi connectivity index (χ2v) is 3.53. The number of nitrogens with two attached hydrogens (primary N) is 2. The third kappa shape index (κ3) is 1.91. The molecule has 0 aliphatic heterocycles. The first-order valence-corrected chi connectivity index (χ1v) is 4.75. The third-order valence-electron chi connectivity index (χ3n) is 2.32. The van der Waals surface area contributed by atoms with Crippen molar-refractivity contribution in [3.63, 3.8) is 0 Å². The van der Waals surface area contributed by atoms with Gasteiger partial charge in [0.1, 0.15) is 0 Å². The zero-order valence-corrected chi connectivity index (χ0v) is 8.57. The number of anilines is 2. The fraction of sp³-hybridized carbons (Fsp3) is 0.0833. The Morgan fingerprint density at radius 3 is 2.33 bits per heavy atom. The molecule has 0 saturated heterocycles. The molecule has 0 radical (unpaired) electrons. The highest BCUT2D eigenvalue weighted by molar-refractivity contribution is 5.74. The number of hydrogen-bond acceptors (Lipinski definition) is 3. The quantitative estimate of drug-likeness (QED) is 0.692. The number of nitrogen functional groups attached to an aromatic ring is 2. The minimum absolute atomic E-state index is 0.613. The number of aromatic nitrogens is 1. The Morgan fingerprint density at radius 1 is 0.933 bits per heavy atom. The van der Waals surface area contributed by atoms with Crippen LogP contribution in [0.25, 0.3) is 11.1 Å². The van der Waals surface area contributed by atoms with E-state index in [0.717, 1.165) is 16.8 Å². The minimum atomic E-state index is 0.613. The van der Waals surface area contributed by atoms with Crippen LogP contribution >= 0.6 is 0 Å². The predicted octanol–water partition coefficient (Wildman–Crippen LogP) is 2.22. The van der Waals surface area contributed by atoms with Crippen LogP contribution in [0.2, 0.25) is 0 Å². The van der Waals surface area contributed by atoms with Gasteiger partial charge >= 0.3 is 0 Å². The van der Waals surface area contributed by atoms with Crippen molar-refractivity contribution >= 4 is 11.4 Å². The number of aryl methyl sites for hydroxylation is 1. The first-order valence-electron chi connectivity index (χ1n) is 4.75. The molecule has 0 aliphatic carbocycles. The summed E-state index contributed by atoms with van der Waals surface area (Å²) in [7, 11) is 0. The molecule has 3 nitrogen and oxygen atoms in total. The van der Waals surface area contributed by atoms with Gasteiger partial charge in [0, 0.05) is 11.9 Å². The van der Waals surface area contributed by atoms with Crippen LogP contribution in [-0.2, 0) is 0 Å². The average molecular weight is 199 g/mol. The van der Waals surface area contributed by atoms with Gasteiger partial charge in [-0.3, -0.25) is 4.98 Å². The average Bonchev–Trinajstić information content (AvgIpc) is 2.22. The Hall–Kier alpha value is -2.03. The van der Waals surface area contributed by atoms with E-state index >= 15 is 0 Å². The minimum Gasteiger partial charge on any atom is -0.397 e. The molecule has 4 N–H and O–H groups in total. The molecule has 0 bridgehead atoms. The second kappa shape index (κ2) is 3.61. The van der Waals surface area contributed by atoms with Crippen LogP contribution in [-0.4, -0.2) is 4.98 Å². The molecule has 76 valence electrons. The molecular weight excluding hydrogens is 186 g/mol. The van der Waals surface area contributed by atoms with E-state index in [1.807, 2.05) is 37.3 Å². The van der Waals surface area contributed by atoms with Crippen LogP contribution in [0.4, 0.5) is 11.4 Å². The lowest BCUT2D eigenvalue weighted by atomic mass is 10.1. The van der Waals surface area contributed by atoms with Crippen LogP contribution in [0, 0.1) is 6.92 Å². The molecule has 1 aromatic heterocycles. The van der Waals surface area contributed by atoms with Crippen LogP contribution in [0.3, 0.4) is 0 Å². The molecule has 1 aromatic carbocycles. The summed E-state index contributed by atoms with van der Waals surface area (Å²) in [6, 6.07) is 9.63. The Labute approximate surface area is 88.8 Å². The smallest absolute Gasteiger partial charge is 0.0554 e. The van der Waals surface area contributed by atoms with Crippen molar-refractivity contribution in [2.45, 2.75) is 6.92 Å². The summed E-state index contributed by atoms with van der Waals surface area (Å²) in [6.45, 7) is 1.96. The molecule has 0 aliphatic rings. The Morgan fingerprint density at radius 2 is 1.67 bits per heavy atom. The Bertz CT molecular complexity index is 492. The fourth-order valence-electron chi connectivity index (χ4n) is 1.48. The molecule has 0 spiro atoms. The van der Waals surface area contributed by atoms with Crippen LogP contribution in [0.15, 0.2) is 36.5 Å².